The average Bonchev–Trinajstić information content (AvgIpc) is 3.86. The number of benzene rings is 10. The summed E-state index contributed by atoms with van der Waals surface area (Å²) in [7, 11) is 0. The lowest BCUT2D eigenvalue weighted by molar-refractivity contribution is 1.13. The zero-order chi connectivity index (χ0) is 40.7. The van der Waals surface area contributed by atoms with Crippen molar-refractivity contribution >= 4 is 75.9 Å². The first-order chi connectivity index (χ1) is 30.7. The lowest BCUT2D eigenvalue weighted by Gasteiger charge is -2.17. The summed E-state index contributed by atoms with van der Waals surface area (Å²) in [4.78, 5) is 11.1. The molecule has 13 rings (SSSR count). The molecule has 0 bridgehead atoms. The Morgan fingerprint density at radius 2 is 0.694 bits per heavy atom. The lowest BCUT2D eigenvalue weighted by Crippen LogP contribution is -2.02. The summed E-state index contributed by atoms with van der Waals surface area (Å²) >= 11 is 0. The third-order valence-corrected chi connectivity index (χ3v) is 12.7. The Bertz CT molecular complexity index is 3650. The summed E-state index contributed by atoms with van der Waals surface area (Å²) in [5.41, 5.74) is 11.5. The van der Waals surface area contributed by atoms with E-state index in [-0.39, 0.29) is 0 Å². The highest BCUT2D eigenvalue weighted by Gasteiger charge is 2.21. The van der Waals surface area contributed by atoms with Crippen LogP contribution in [0.4, 0.5) is 0 Å². The van der Waals surface area contributed by atoms with Gasteiger partial charge in [0.2, 0.25) is 0 Å². The molecule has 62 heavy (non-hydrogen) atoms. The topological polar surface area (TPSA) is 35.6 Å². The molecule has 3 aromatic heterocycles. The molecule has 4 nitrogen and oxygen atoms in total. The molecule has 0 unspecified atom stereocenters. The van der Waals surface area contributed by atoms with Crippen molar-refractivity contribution in [1.29, 1.82) is 0 Å². The molecule has 4 heteroatoms. The summed E-state index contributed by atoms with van der Waals surface area (Å²) in [6.07, 6.45) is 0. The van der Waals surface area contributed by atoms with Gasteiger partial charge in [0.05, 0.1) is 33.5 Å². The maximum atomic E-state index is 5.57. The molecule has 0 N–H and O–H groups in total. The molecule has 0 aliphatic heterocycles. The van der Waals surface area contributed by atoms with Crippen molar-refractivity contribution in [3.63, 3.8) is 0 Å². The molecule has 13 aromatic rings. The van der Waals surface area contributed by atoms with E-state index in [0.29, 0.717) is 5.82 Å². The highest BCUT2D eigenvalue weighted by molar-refractivity contribution is 6.13. The van der Waals surface area contributed by atoms with Crippen molar-refractivity contribution in [2.24, 2.45) is 0 Å². The minimum absolute atomic E-state index is 0.687. The second kappa shape index (κ2) is 13.6. The van der Waals surface area contributed by atoms with Gasteiger partial charge in [-0.2, -0.15) is 0 Å². The smallest absolute Gasteiger partial charge is 0.161 e. The van der Waals surface area contributed by atoms with Crippen LogP contribution in [0.5, 0.6) is 0 Å². The van der Waals surface area contributed by atoms with Gasteiger partial charge >= 0.3 is 0 Å². The molecule has 0 radical (unpaired) electrons. The maximum absolute atomic E-state index is 5.57. The second-order valence-corrected chi connectivity index (χ2v) is 16.2. The summed E-state index contributed by atoms with van der Waals surface area (Å²) in [5, 5.41) is 11.8. The molecule has 0 spiro atoms. The Morgan fingerprint density at radius 3 is 1.21 bits per heavy atom. The lowest BCUT2D eigenvalue weighted by atomic mass is 9.93. The number of nitrogens with zero attached hydrogens (tertiary/aromatic N) is 4. The van der Waals surface area contributed by atoms with Crippen molar-refractivity contribution in [2.75, 3.05) is 0 Å². The molecule has 0 fully saturated rings. The highest BCUT2D eigenvalue weighted by atomic mass is 15.0. The first kappa shape index (κ1) is 34.5. The molecule has 0 aliphatic carbocycles. The van der Waals surface area contributed by atoms with Crippen LogP contribution in [0.2, 0.25) is 0 Å². The Balaban J connectivity index is 1.17. The minimum atomic E-state index is 0.687. The van der Waals surface area contributed by atoms with Crippen molar-refractivity contribution in [3.05, 3.63) is 218 Å². The molecule has 0 atom stereocenters. The number of hydrogen-bond acceptors (Lipinski definition) is 2. The standard InChI is InChI=1S/C58H36N4/c1-4-20-43-37(16-1)19-15-27-50(43)58-59-51(36-52(60-58)57-44-21-5-2-17-38(44)32-39-18-3-6-22-45(39)57)40-33-41(61-53-28-11-7-23-46(53)47-24-8-12-29-54(47)61)35-42(34-40)62-55-30-13-9-25-48(55)49-26-10-14-31-56(49)62/h1-36H. The van der Waals surface area contributed by atoms with Crippen LogP contribution in [0, 0.1) is 0 Å². The summed E-state index contributed by atoms with van der Waals surface area (Å²) in [6, 6.07) is 78.7. The van der Waals surface area contributed by atoms with Gasteiger partial charge in [-0.1, -0.05) is 164 Å². The Hall–Kier alpha value is -8.34. The highest BCUT2D eigenvalue weighted by Crippen LogP contribution is 2.41. The normalized spacial score (nSPS) is 11.9. The van der Waals surface area contributed by atoms with E-state index >= 15 is 0 Å². The monoisotopic (exact) mass is 788 g/mol. The second-order valence-electron chi connectivity index (χ2n) is 16.2. The van der Waals surface area contributed by atoms with E-state index in [1.807, 2.05) is 0 Å². The fourth-order valence-corrected chi connectivity index (χ4v) is 9.96. The number of hydrogen-bond donors (Lipinski definition) is 0. The van der Waals surface area contributed by atoms with Crippen LogP contribution in [0.3, 0.4) is 0 Å². The van der Waals surface area contributed by atoms with Crippen molar-refractivity contribution < 1.29 is 0 Å². The third kappa shape index (κ3) is 5.27. The molecule has 288 valence electrons. The molecule has 3 heterocycles. The first-order valence-corrected chi connectivity index (χ1v) is 21.2. The first-order valence-electron chi connectivity index (χ1n) is 21.2. The van der Waals surface area contributed by atoms with Crippen LogP contribution < -0.4 is 0 Å². The van der Waals surface area contributed by atoms with Crippen LogP contribution in [-0.2, 0) is 0 Å². The fourth-order valence-electron chi connectivity index (χ4n) is 9.96. The Labute approximate surface area is 357 Å². The van der Waals surface area contributed by atoms with Gasteiger partial charge in [0, 0.05) is 49.6 Å². The number of fused-ring (bicyclic) bond motifs is 9. The molecule has 0 amide bonds. The average molecular weight is 789 g/mol. The van der Waals surface area contributed by atoms with E-state index in [1.165, 1.54) is 32.3 Å². The van der Waals surface area contributed by atoms with Gasteiger partial charge in [-0.3, -0.25) is 0 Å². The van der Waals surface area contributed by atoms with E-state index < -0.39 is 0 Å². The predicted molar refractivity (Wildman–Crippen MR) is 260 cm³/mol. The maximum Gasteiger partial charge on any atom is 0.161 e. The minimum Gasteiger partial charge on any atom is -0.309 e. The van der Waals surface area contributed by atoms with Gasteiger partial charge in [-0.15, -0.1) is 0 Å². The summed E-state index contributed by atoms with van der Waals surface area (Å²) < 4.78 is 4.83. The molecular weight excluding hydrogens is 753 g/mol. The largest absolute Gasteiger partial charge is 0.309 e. The van der Waals surface area contributed by atoms with Crippen LogP contribution in [-0.4, -0.2) is 19.1 Å². The van der Waals surface area contributed by atoms with Gasteiger partial charge in [0.15, 0.2) is 5.82 Å². The van der Waals surface area contributed by atoms with E-state index in [4.69, 9.17) is 9.97 Å². The number of aromatic nitrogens is 4. The third-order valence-electron chi connectivity index (χ3n) is 12.7. The Kier molecular flexibility index (Phi) is 7.57. The van der Waals surface area contributed by atoms with E-state index in [2.05, 4.69) is 228 Å². The Morgan fingerprint density at radius 1 is 0.290 bits per heavy atom. The SMILES string of the molecule is c1ccc2c(-c3nc(-c4cc(-n5c6ccccc6c6ccccc65)cc(-n5c6ccccc6c6ccccc65)c4)cc(-c4c5ccccc5cc5ccccc45)n3)cccc2c1. The van der Waals surface area contributed by atoms with Gasteiger partial charge in [-0.05, 0) is 86.9 Å². The van der Waals surface area contributed by atoms with Crippen molar-refractivity contribution in [3.8, 4) is 45.3 Å². The quantitative estimate of drug-likeness (QED) is 0.163. The summed E-state index contributed by atoms with van der Waals surface area (Å²) in [6.45, 7) is 0. The van der Waals surface area contributed by atoms with Crippen LogP contribution >= 0.6 is 0 Å². The van der Waals surface area contributed by atoms with Crippen LogP contribution in [0.25, 0.3) is 121 Å². The van der Waals surface area contributed by atoms with Gasteiger partial charge in [0.1, 0.15) is 0 Å². The van der Waals surface area contributed by atoms with Gasteiger partial charge in [-0.25, -0.2) is 9.97 Å². The van der Waals surface area contributed by atoms with Crippen molar-refractivity contribution in [1.82, 2.24) is 19.1 Å². The zero-order valence-electron chi connectivity index (χ0n) is 33.6. The molecular formula is C58H36N4. The van der Waals surface area contributed by atoms with Gasteiger partial charge in [0.25, 0.3) is 0 Å². The zero-order valence-corrected chi connectivity index (χ0v) is 33.6. The van der Waals surface area contributed by atoms with E-state index in [1.54, 1.807) is 0 Å². The molecule has 0 aliphatic rings. The molecule has 0 saturated heterocycles. The number of rotatable bonds is 5. The summed E-state index contributed by atoms with van der Waals surface area (Å²) in [5.74, 6) is 0.687. The molecule has 0 saturated carbocycles. The molecule has 10 aromatic carbocycles. The number of para-hydroxylation sites is 4. The predicted octanol–water partition coefficient (Wildman–Crippen LogP) is 15.1. The fraction of sp³-hybridized carbons (Fsp3) is 0. The van der Waals surface area contributed by atoms with Crippen LogP contribution in [0.15, 0.2) is 218 Å². The van der Waals surface area contributed by atoms with Crippen LogP contribution in [0.1, 0.15) is 0 Å². The van der Waals surface area contributed by atoms with Gasteiger partial charge < -0.3 is 9.13 Å². The van der Waals surface area contributed by atoms with E-state index in [9.17, 15) is 0 Å². The van der Waals surface area contributed by atoms with E-state index in [0.717, 1.165) is 83.1 Å². The van der Waals surface area contributed by atoms with Crippen molar-refractivity contribution in [2.45, 2.75) is 0 Å².